The third kappa shape index (κ3) is 20.8. The monoisotopic (exact) mass is 576 g/mol. The zero-order valence-corrected chi connectivity index (χ0v) is 25.1. The van der Waals surface area contributed by atoms with Crippen LogP contribution in [0.4, 0.5) is 0 Å². The maximum atomic E-state index is 11.1. The van der Waals surface area contributed by atoms with Gasteiger partial charge in [-0.1, -0.05) is 115 Å². The molecular formula is C29H52O7S2. The van der Waals surface area contributed by atoms with Gasteiger partial charge in [-0.25, -0.2) is 0 Å². The second kappa shape index (κ2) is 20.7. The van der Waals surface area contributed by atoms with Crippen LogP contribution in [0.3, 0.4) is 0 Å². The summed E-state index contributed by atoms with van der Waals surface area (Å²) in [5.41, 5.74) is 0.743. The Balaban J connectivity index is 2.13. The summed E-state index contributed by atoms with van der Waals surface area (Å²) >= 11 is 0. The summed E-state index contributed by atoms with van der Waals surface area (Å²) in [6.45, 7) is 2.90. The van der Waals surface area contributed by atoms with Crippen molar-refractivity contribution >= 4 is 20.2 Å². The number of hydrogen-bond acceptors (Lipinski definition) is 5. The molecule has 0 bridgehead atoms. The lowest BCUT2D eigenvalue weighted by Gasteiger charge is -2.17. The lowest BCUT2D eigenvalue weighted by atomic mass is 9.94. The molecule has 1 rings (SSSR count). The number of benzene rings is 1. The minimum atomic E-state index is -4.16. The van der Waals surface area contributed by atoms with Gasteiger partial charge in [0.1, 0.15) is 5.75 Å². The molecule has 0 unspecified atom stereocenters. The Hall–Kier alpha value is -1.16. The molecule has 0 fully saturated rings. The molecule has 1 aromatic rings. The van der Waals surface area contributed by atoms with E-state index in [9.17, 15) is 16.8 Å². The quantitative estimate of drug-likeness (QED) is 0.0895. The molecule has 0 atom stereocenters. The van der Waals surface area contributed by atoms with Gasteiger partial charge >= 0.3 is 0 Å². The van der Waals surface area contributed by atoms with Crippen LogP contribution in [0, 0.1) is 0 Å². The molecular weight excluding hydrogens is 524 g/mol. The fourth-order valence-electron chi connectivity index (χ4n) is 4.74. The number of rotatable bonds is 25. The molecule has 0 aliphatic carbocycles. The number of unbranched alkanes of at least 4 members (excludes halogenated alkanes) is 15. The van der Waals surface area contributed by atoms with Gasteiger partial charge in [0.25, 0.3) is 20.2 Å². The Bertz CT molecular complexity index is 877. The first-order valence-electron chi connectivity index (χ1n) is 14.7. The number of hydrogen-bond donors (Lipinski definition) is 2. The predicted octanol–water partition coefficient (Wildman–Crippen LogP) is 7.97. The molecule has 0 saturated heterocycles. The molecule has 1 aromatic carbocycles. The van der Waals surface area contributed by atoms with E-state index in [1.165, 1.54) is 89.9 Å². The Morgan fingerprint density at radius 3 is 1.34 bits per heavy atom. The second-order valence-corrected chi connectivity index (χ2v) is 13.7. The van der Waals surface area contributed by atoms with Crippen LogP contribution in [-0.4, -0.2) is 44.1 Å². The van der Waals surface area contributed by atoms with E-state index in [2.05, 4.69) is 6.92 Å². The normalized spacial score (nSPS) is 12.3. The van der Waals surface area contributed by atoms with E-state index >= 15 is 0 Å². The molecule has 0 aliphatic heterocycles. The fourth-order valence-corrected chi connectivity index (χ4v) is 5.90. The third-order valence-corrected chi connectivity index (χ3v) is 8.57. The molecule has 9 heteroatoms. The summed E-state index contributed by atoms with van der Waals surface area (Å²) in [5.74, 6) is -0.660. The van der Waals surface area contributed by atoms with Crippen molar-refractivity contribution < 1.29 is 30.7 Å². The zero-order valence-electron chi connectivity index (χ0n) is 23.5. The van der Waals surface area contributed by atoms with Crippen molar-refractivity contribution in [2.24, 2.45) is 0 Å². The van der Waals surface area contributed by atoms with E-state index in [0.29, 0.717) is 12.4 Å². The van der Waals surface area contributed by atoms with Crippen molar-refractivity contribution in [2.75, 3.05) is 18.1 Å². The third-order valence-electron chi connectivity index (χ3n) is 7.07. The van der Waals surface area contributed by atoms with Crippen LogP contribution in [0.15, 0.2) is 24.3 Å². The molecule has 0 aromatic heterocycles. The van der Waals surface area contributed by atoms with Gasteiger partial charge in [0, 0.05) is 0 Å². The van der Waals surface area contributed by atoms with Gasteiger partial charge in [-0.3, -0.25) is 9.11 Å². The molecule has 0 amide bonds. The second-order valence-electron chi connectivity index (χ2n) is 10.6. The smallest absolute Gasteiger partial charge is 0.264 e. The maximum absolute atomic E-state index is 11.1. The molecule has 0 heterocycles. The largest absolute Gasteiger partial charge is 0.494 e. The Morgan fingerprint density at radius 2 is 0.974 bits per heavy atom. The highest BCUT2D eigenvalue weighted by molar-refractivity contribution is 7.86. The van der Waals surface area contributed by atoms with Gasteiger partial charge in [0.05, 0.1) is 18.1 Å². The Morgan fingerprint density at radius 1 is 0.605 bits per heavy atom. The van der Waals surface area contributed by atoms with Crippen molar-refractivity contribution in [3.8, 4) is 5.75 Å². The van der Waals surface area contributed by atoms with E-state index in [1.54, 1.807) is 24.3 Å². The summed E-state index contributed by atoms with van der Waals surface area (Å²) in [6.07, 6.45) is 21.3. The van der Waals surface area contributed by atoms with Crippen LogP contribution in [0.2, 0.25) is 0 Å². The molecule has 222 valence electrons. The zero-order chi connectivity index (χ0) is 28.1. The van der Waals surface area contributed by atoms with E-state index in [4.69, 9.17) is 13.8 Å². The van der Waals surface area contributed by atoms with Gasteiger partial charge < -0.3 is 4.74 Å². The molecule has 0 radical (unpaired) electrons. The van der Waals surface area contributed by atoms with Crippen LogP contribution in [0.1, 0.15) is 134 Å². The van der Waals surface area contributed by atoms with Crippen LogP contribution < -0.4 is 4.74 Å². The van der Waals surface area contributed by atoms with Crippen molar-refractivity contribution in [3.05, 3.63) is 29.8 Å². The van der Waals surface area contributed by atoms with Crippen LogP contribution in [0.5, 0.6) is 5.75 Å². The standard InChI is InChI=1S/C29H52O7S2/c1-2-3-4-5-6-7-8-9-10-11-12-13-14-15-16-17-24-36-29-20-18-27(19-21-29)28(22-25-37(30,31)32)23-26-38(33,34)35/h18-21,28H,2-17,22-26H2,1H3,(H,30,31,32)(H,33,34,35). The highest BCUT2D eigenvalue weighted by atomic mass is 32.2. The van der Waals surface area contributed by atoms with Gasteiger partial charge in [0.2, 0.25) is 0 Å². The SMILES string of the molecule is CCCCCCCCCCCCCCCCCCOc1ccc(C(CCS(=O)(=O)O)CCS(=O)(=O)O)cc1. The first-order valence-corrected chi connectivity index (χ1v) is 18.0. The van der Waals surface area contributed by atoms with Gasteiger partial charge in [0.15, 0.2) is 0 Å². The first-order chi connectivity index (χ1) is 18.1. The Labute approximate surface area is 232 Å². The van der Waals surface area contributed by atoms with E-state index < -0.39 is 37.7 Å². The van der Waals surface area contributed by atoms with Crippen molar-refractivity contribution in [3.63, 3.8) is 0 Å². The first kappa shape index (κ1) is 34.9. The van der Waals surface area contributed by atoms with Crippen molar-refractivity contribution in [1.82, 2.24) is 0 Å². The molecule has 0 saturated carbocycles. The summed E-state index contributed by atoms with van der Waals surface area (Å²) in [6, 6.07) is 7.13. The highest BCUT2D eigenvalue weighted by Crippen LogP contribution is 2.27. The number of ether oxygens (including phenoxy) is 1. The maximum Gasteiger partial charge on any atom is 0.264 e. The summed E-state index contributed by atoms with van der Waals surface area (Å²) in [7, 11) is -8.32. The van der Waals surface area contributed by atoms with Gasteiger partial charge in [-0.2, -0.15) is 16.8 Å². The summed E-state index contributed by atoms with van der Waals surface area (Å²) < 4.78 is 68.4. The fraction of sp³-hybridized carbons (Fsp3) is 0.793. The van der Waals surface area contributed by atoms with E-state index in [-0.39, 0.29) is 12.8 Å². The van der Waals surface area contributed by atoms with Crippen molar-refractivity contribution in [2.45, 2.75) is 128 Å². The van der Waals surface area contributed by atoms with Crippen molar-refractivity contribution in [1.29, 1.82) is 0 Å². The van der Waals surface area contributed by atoms with E-state index in [1.807, 2.05) is 0 Å². The average molecular weight is 577 g/mol. The van der Waals surface area contributed by atoms with Crippen LogP contribution >= 0.6 is 0 Å². The Kier molecular flexibility index (Phi) is 19.0. The lowest BCUT2D eigenvalue weighted by molar-refractivity contribution is 0.304. The topological polar surface area (TPSA) is 118 Å². The van der Waals surface area contributed by atoms with Gasteiger partial charge in [-0.05, 0) is 42.9 Å². The summed E-state index contributed by atoms with van der Waals surface area (Å²) in [4.78, 5) is 0. The molecule has 0 spiro atoms. The predicted molar refractivity (Wildman–Crippen MR) is 156 cm³/mol. The lowest BCUT2D eigenvalue weighted by Crippen LogP contribution is -2.13. The van der Waals surface area contributed by atoms with E-state index in [0.717, 1.165) is 18.4 Å². The molecule has 0 aliphatic rings. The van der Waals surface area contributed by atoms with Crippen LogP contribution in [0.25, 0.3) is 0 Å². The molecule has 38 heavy (non-hydrogen) atoms. The average Bonchev–Trinajstić information content (AvgIpc) is 2.85. The molecule has 2 N–H and O–H groups in total. The van der Waals surface area contributed by atoms with Gasteiger partial charge in [-0.15, -0.1) is 0 Å². The highest BCUT2D eigenvalue weighted by Gasteiger charge is 2.18. The summed E-state index contributed by atoms with van der Waals surface area (Å²) in [5, 5.41) is 0. The molecule has 7 nitrogen and oxygen atoms in total. The minimum absolute atomic E-state index is 0.0632. The van der Waals surface area contributed by atoms with Crippen LogP contribution in [-0.2, 0) is 20.2 Å². The minimum Gasteiger partial charge on any atom is -0.494 e.